The van der Waals surface area contributed by atoms with Gasteiger partial charge in [-0.1, -0.05) is 408 Å². The molecule has 0 amide bonds. The Morgan fingerprint density at radius 1 is 0.276 bits per heavy atom. The molecule has 17 nitrogen and oxygen atoms in total. The SMILES string of the molecule is CCCCCCCCCCCCCCCCCCCC(=O)O[C@H](COC(=O)CCCCCCC)COP(=O)(O)OC[C@H](O)COP(=O)(O)OC[C@@H](COC(=O)CCCCCCCCCCCCCCCCCCCCC(C)C)OC(=O)CCCCCCCCCCCCCCCCCCCCC(C)CC. The van der Waals surface area contributed by atoms with E-state index in [4.69, 9.17) is 37.0 Å². The van der Waals surface area contributed by atoms with Crippen molar-refractivity contribution < 1.29 is 80.2 Å². The molecule has 0 aliphatic carbocycles. The highest BCUT2D eigenvalue weighted by Crippen LogP contribution is 2.45. The number of carbonyl (C=O) groups is 4. The van der Waals surface area contributed by atoms with Gasteiger partial charge in [0, 0.05) is 25.7 Å². The van der Waals surface area contributed by atoms with Gasteiger partial charge in [0.2, 0.25) is 0 Å². The fourth-order valence-corrected chi connectivity index (χ4v) is 15.0. The van der Waals surface area contributed by atoms with Gasteiger partial charge in [0.25, 0.3) is 0 Å². The molecule has 105 heavy (non-hydrogen) atoms. The molecule has 0 spiro atoms. The number of ether oxygens (including phenoxy) is 4. The Balaban J connectivity index is 5.10. The molecule has 0 saturated carbocycles. The molecule has 0 aromatic heterocycles. The normalized spacial score (nSPS) is 14.1. The van der Waals surface area contributed by atoms with E-state index >= 15 is 0 Å². The van der Waals surface area contributed by atoms with Crippen molar-refractivity contribution in [3.8, 4) is 0 Å². The maximum absolute atomic E-state index is 13.1. The van der Waals surface area contributed by atoms with Crippen molar-refractivity contribution in [1.29, 1.82) is 0 Å². The minimum absolute atomic E-state index is 0.108. The van der Waals surface area contributed by atoms with E-state index in [1.165, 1.54) is 270 Å². The molecule has 3 unspecified atom stereocenters. The van der Waals surface area contributed by atoms with E-state index in [1.54, 1.807) is 0 Å². The van der Waals surface area contributed by atoms with Crippen molar-refractivity contribution >= 4 is 39.5 Å². The van der Waals surface area contributed by atoms with Crippen LogP contribution in [0.3, 0.4) is 0 Å². The van der Waals surface area contributed by atoms with Crippen LogP contribution in [0.4, 0.5) is 0 Å². The lowest BCUT2D eigenvalue weighted by atomic mass is 9.99. The summed E-state index contributed by atoms with van der Waals surface area (Å²) in [5.41, 5.74) is 0. The lowest BCUT2D eigenvalue weighted by Crippen LogP contribution is -2.30. The average molecular weight is 1540 g/mol. The van der Waals surface area contributed by atoms with Crippen molar-refractivity contribution in [3.63, 3.8) is 0 Å². The Bertz CT molecular complexity index is 2010. The molecule has 0 aromatic carbocycles. The van der Waals surface area contributed by atoms with Crippen LogP contribution in [-0.2, 0) is 65.4 Å². The van der Waals surface area contributed by atoms with Crippen molar-refractivity contribution in [1.82, 2.24) is 0 Å². The molecule has 3 N–H and O–H groups in total. The second kappa shape index (κ2) is 77.4. The number of aliphatic hydroxyl groups excluding tert-OH is 1. The van der Waals surface area contributed by atoms with Gasteiger partial charge in [0.15, 0.2) is 12.2 Å². The van der Waals surface area contributed by atoms with Crippen molar-refractivity contribution in [3.05, 3.63) is 0 Å². The van der Waals surface area contributed by atoms with E-state index in [0.29, 0.717) is 25.7 Å². The molecule has 0 aliphatic rings. The standard InChI is InChI=1S/C86H168O17P2/c1-7-10-12-14-15-16-17-18-19-24-32-37-42-47-52-58-64-70-85(90)102-81(74-96-83(88)68-62-54-13-11-8-2)76-100-104(92,93)98-72-80(87)73-99-105(94,95)101-77-82(75-97-84(89)69-63-57-51-46-41-36-31-27-22-20-25-29-34-39-44-49-55-60-66-78(4)5)103-86(91)71-65-59-53-48-43-38-33-28-23-21-26-30-35-40-45-50-56-61-67-79(6)9-3/h78-82,87H,7-77H2,1-6H3,(H,92,93)(H,94,95)/t79?,80-,81+,82+/m0/s1. The number of phosphoric ester groups is 2. The van der Waals surface area contributed by atoms with Gasteiger partial charge < -0.3 is 33.8 Å². The first-order valence-corrected chi connectivity index (χ1v) is 47.5. The molecule has 0 bridgehead atoms. The molecule has 19 heteroatoms. The van der Waals surface area contributed by atoms with E-state index in [0.717, 1.165) is 108 Å². The summed E-state index contributed by atoms with van der Waals surface area (Å²) in [5.74, 6) is -0.420. The molecule has 0 radical (unpaired) electrons. The largest absolute Gasteiger partial charge is 0.472 e. The second-order valence-electron chi connectivity index (χ2n) is 31.6. The molecular weight excluding hydrogens is 1370 g/mol. The van der Waals surface area contributed by atoms with Gasteiger partial charge in [-0.05, 0) is 37.5 Å². The summed E-state index contributed by atoms with van der Waals surface area (Å²) in [6.45, 7) is 9.68. The fraction of sp³-hybridized carbons (Fsp3) is 0.953. The van der Waals surface area contributed by atoms with Crippen LogP contribution in [0.1, 0.15) is 459 Å². The van der Waals surface area contributed by atoms with Gasteiger partial charge >= 0.3 is 39.5 Å². The van der Waals surface area contributed by atoms with Crippen LogP contribution in [0, 0.1) is 11.8 Å². The number of aliphatic hydroxyl groups is 1. The second-order valence-corrected chi connectivity index (χ2v) is 34.6. The lowest BCUT2D eigenvalue weighted by Gasteiger charge is -2.21. The molecule has 6 atom stereocenters. The summed E-state index contributed by atoms with van der Waals surface area (Å²) < 4.78 is 68.6. The molecule has 0 saturated heterocycles. The molecule has 0 fully saturated rings. The number of rotatable bonds is 85. The monoisotopic (exact) mass is 1540 g/mol. The molecule has 624 valence electrons. The Hall–Kier alpha value is -1.94. The minimum atomic E-state index is -4.96. The fourth-order valence-electron chi connectivity index (χ4n) is 13.4. The van der Waals surface area contributed by atoms with Gasteiger partial charge in [0.05, 0.1) is 26.4 Å². The third kappa shape index (κ3) is 78.5. The summed E-state index contributed by atoms with van der Waals surface area (Å²) >= 11 is 0. The summed E-state index contributed by atoms with van der Waals surface area (Å²) in [4.78, 5) is 72.9. The summed E-state index contributed by atoms with van der Waals surface area (Å²) in [6.07, 6.45) is 69.9. The average Bonchev–Trinajstić information content (AvgIpc) is 0.917. The predicted molar refractivity (Wildman–Crippen MR) is 432 cm³/mol. The quantitative estimate of drug-likeness (QED) is 0.0222. The predicted octanol–water partition coefficient (Wildman–Crippen LogP) is 26.2. The zero-order valence-electron chi connectivity index (χ0n) is 69.0. The number of unbranched alkanes of at least 4 members (excludes halogenated alkanes) is 54. The van der Waals surface area contributed by atoms with E-state index in [1.807, 2.05) is 0 Å². The number of carbonyl (C=O) groups excluding carboxylic acids is 4. The van der Waals surface area contributed by atoms with Gasteiger partial charge in [-0.2, -0.15) is 0 Å². The summed E-state index contributed by atoms with van der Waals surface area (Å²) in [6, 6.07) is 0. The highest BCUT2D eigenvalue weighted by atomic mass is 31.2. The van der Waals surface area contributed by atoms with Gasteiger partial charge in [-0.25, -0.2) is 9.13 Å². The van der Waals surface area contributed by atoms with Crippen LogP contribution in [0.5, 0.6) is 0 Å². The van der Waals surface area contributed by atoms with Crippen LogP contribution >= 0.6 is 15.6 Å². The van der Waals surface area contributed by atoms with E-state index in [2.05, 4.69) is 41.5 Å². The van der Waals surface area contributed by atoms with Crippen LogP contribution in [0.15, 0.2) is 0 Å². The Labute approximate surface area is 645 Å². The maximum atomic E-state index is 13.1. The van der Waals surface area contributed by atoms with Crippen LogP contribution in [0.25, 0.3) is 0 Å². The first-order valence-electron chi connectivity index (χ1n) is 44.5. The third-order valence-electron chi connectivity index (χ3n) is 20.6. The smallest absolute Gasteiger partial charge is 0.462 e. The van der Waals surface area contributed by atoms with Crippen LogP contribution in [0.2, 0.25) is 0 Å². The zero-order valence-corrected chi connectivity index (χ0v) is 70.8. The molecular formula is C86H168O17P2. The first-order chi connectivity index (χ1) is 50.9. The van der Waals surface area contributed by atoms with Crippen molar-refractivity contribution in [2.45, 2.75) is 477 Å². The van der Waals surface area contributed by atoms with Crippen molar-refractivity contribution in [2.24, 2.45) is 11.8 Å². The lowest BCUT2D eigenvalue weighted by molar-refractivity contribution is -0.161. The number of hydrogen-bond acceptors (Lipinski definition) is 15. The Morgan fingerprint density at radius 2 is 0.486 bits per heavy atom. The number of hydrogen-bond donors (Lipinski definition) is 3. The summed E-state index contributed by atoms with van der Waals surface area (Å²) in [5, 5.41) is 10.6. The van der Waals surface area contributed by atoms with Gasteiger partial charge in [-0.15, -0.1) is 0 Å². The third-order valence-corrected chi connectivity index (χ3v) is 22.5. The Morgan fingerprint density at radius 3 is 0.724 bits per heavy atom. The van der Waals surface area contributed by atoms with Crippen LogP contribution in [-0.4, -0.2) is 96.7 Å². The van der Waals surface area contributed by atoms with E-state index < -0.39 is 97.5 Å². The number of esters is 4. The van der Waals surface area contributed by atoms with Gasteiger partial charge in [-0.3, -0.25) is 37.3 Å². The van der Waals surface area contributed by atoms with Gasteiger partial charge in [0.1, 0.15) is 19.3 Å². The molecule has 0 aliphatic heterocycles. The Kier molecular flexibility index (Phi) is 76.0. The highest BCUT2D eigenvalue weighted by molar-refractivity contribution is 7.47. The van der Waals surface area contributed by atoms with Crippen LogP contribution < -0.4 is 0 Å². The zero-order chi connectivity index (χ0) is 77.1. The molecule has 0 rings (SSSR count). The number of phosphoric acid groups is 2. The highest BCUT2D eigenvalue weighted by Gasteiger charge is 2.30. The summed E-state index contributed by atoms with van der Waals surface area (Å²) in [7, 11) is -9.92. The molecule has 0 heterocycles. The van der Waals surface area contributed by atoms with E-state index in [9.17, 15) is 43.2 Å². The minimum Gasteiger partial charge on any atom is -0.462 e. The maximum Gasteiger partial charge on any atom is 0.472 e. The molecule has 0 aromatic rings. The topological polar surface area (TPSA) is 237 Å². The van der Waals surface area contributed by atoms with Crippen molar-refractivity contribution in [2.75, 3.05) is 39.6 Å². The first kappa shape index (κ1) is 103. The van der Waals surface area contributed by atoms with E-state index in [-0.39, 0.29) is 25.7 Å².